The maximum absolute atomic E-state index is 5.15. The Morgan fingerprint density at radius 2 is 2.33 bits per heavy atom. The van der Waals surface area contributed by atoms with Crippen molar-refractivity contribution in [3.63, 3.8) is 0 Å². The second-order valence-electron chi connectivity index (χ2n) is 0.886. The van der Waals surface area contributed by atoms with E-state index in [0.29, 0.717) is 0 Å². The highest BCUT2D eigenvalue weighted by Crippen LogP contribution is 1.83. The fourth-order valence-corrected chi connectivity index (χ4v) is 0.251. The van der Waals surface area contributed by atoms with Gasteiger partial charge in [0, 0.05) is 5.54 Å². The normalized spacial score (nSPS) is 9.50. The molecular weight excluding hydrogens is 95.5 g/mol. The van der Waals surface area contributed by atoms with Crippen LogP contribution in [-0.2, 0) is 0 Å². The van der Waals surface area contributed by atoms with Crippen molar-refractivity contribution in [1.82, 2.24) is 0 Å². The molecule has 0 saturated heterocycles. The molecule has 0 N–H and O–H groups in total. The largest absolute Gasteiger partial charge is 0.103 e. The topological polar surface area (TPSA) is 0 Å². The highest BCUT2D eigenvalue weighted by Gasteiger charge is 1.59. The Morgan fingerprint density at radius 3 is 2.50 bits per heavy atom. The lowest BCUT2D eigenvalue weighted by atomic mass is 10.4. The van der Waals surface area contributed by atoms with Crippen molar-refractivity contribution < 1.29 is 0 Å². The van der Waals surface area contributed by atoms with Gasteiger partial charge < -0.3 is 0 Å². The average molecular weight is 103 g/mol. The van der Waals surface area contributed by atoms with E-state index in [1.807, 2.05) is 6.08 Å². The fourth-order valence-electron chi connectivity index (χ4n) is 0.148. The van der Waals surface area contributed by atoms with Crippen LogP contribution < -0.4 is 0 Å². The lowest BCUT2D eigenvalue weighted by molar-refractivity contribution is 1.42. The van der Waals surface area contributed by atoms with Crippen LogP contribution in [0.2, 0.25) is 0 Å². The van der Waals surface area contributed by atoms with Crippen molar-refractivity contribution in [3.05, 3.63) is 24.3 Å². The highest BCUT2D eigenvalue weighted by molar-refractivity contribution is 6.25. The Balaban J connectivity index is 2.85. The van der Waals surface area contributed by atoms with Crippen LogP contribution in [0.4, 0.5) is 0 Å². The van der Waals surface area contributed by atoms with Crippen molar-refractivity contribution in [2.24, 2.45) is 0 Å². The molecule has 0 fully saturated rings. The van der Waals surface area contributed by atoms with Crippen LogP contribution in [0, 0.1) is 0 Å². The summed E-state index contributed by atoms with van der Waals surface area (Å²) in [7, 11) is 0. The van der Waals surface area contributed by atoms with Crippen LogP contribution in [0.3, 0.4) is 0 Å². The Bertz CT molecular complexity index is 55.0. The van der Waals surface area contributed by atoms with E-state index in [2.05, 4.69) is 6.58 Å². The molecule has 0 amide bonds. The van der Waals surface area contributed by atoms with Gasteiger partial charge in [-0.2, -0.15) is 0 Å². The molecule has 0 aromatic rings. The number of hydrogen-bond acceptors (Lipinski definition) is 0. The van der Waals surface area contributed by atoms with E-state index in [4.69, 9.17) is 11.6 Å². The molecule has 0 unspecified atom stereocenters. The molecular formula is C5H7Cl. The summed E-state index contributed by atoms with van der Waals surface area (Å²) in [4.78, 5) is 0. The standard InChI is InChI=1S/C5H7Cl/c1-2-3-4-5-6/h2,4-5H,1,3H2/b5-4+. The minimum Gasteiger partial charge on any atom is -0.103 e. The van der Waals surface area contributed by atoms with Gasteiger partial charge >= 0.3 is 0 Å². The lowest BCUT2D eigenvalue weighted by Crippen LogP contribution is -1.46. The highest BCUT2D eigenvalue weighted by atomic mass is 35.5. The van der Waals surface area contributed by atoms with Gasteiger partial charge in [0.1, 0.15) is 0 Å². The van der Waals surface area contributed by atoms with Crippen molar-refractivity contribution >= 4 is 11.6 Å². The van der Waals surface area contributed by atoms with Crippen LogP contribution >= 0.6 is 11.6 Å². The second kappa shape index (κ2) is 4.77. The molecule has 34 valence electrons. The molecule has 6 heavy (non-hydrogen) atoms. The summed E-state index contributed by atoms with van der Waals surface area (Å²) < 4.78 is 0. The third-order valence-electron chi connectivity index (χ3n) is 0.392. The van der Waals surface area contributed by atoms with Crippen LogP contribution in [0.15, 0.2) is 24.3 Å². The quantitative estimate of drug-likeness (QED) is 0.470. The van der Waals surface area contributed by atoms with Crippen molar-refractivity contribution in [1.29, 1.82) is 0 Å². The summed E-state index contributed by atoms with van der Waals surface area (Å²) in [5.41, 5.74) is 1.49. The van der Waals surface area contributed by atoms with Crippen molar-refractivity contribution in [2.45, 2.75) is 6.42 Å². The Kier molecular flexibility index (Phi) is 4.59. The molecule has 0 aromatic heterocycles. The number of halogens is 1. The molecule has 0 spiro atoms. The molecule has 0 heterocycles. The summed E-state index contributed by atoms with van der Waals surface area (Å²) in [6, 6.07) is 0. The van der Waals surface area contributed by atoms with E-state index in [9.17, 15) is 0 Å². The molecule has 0 aromatic carbocycles. The first-order valence-electron chi connectivity index (χ1n) is 1.78. The minimum absolute atomic E-state index is 0.865. The molecule has 0 saturated carbocycles. The lowest BCUT2D eigenvalue weighted by Gasteiger charge is -1.68. The fraction of sp³-hybridized carbons (Fsp3) is 0.200. The van der Waals surface area contributed by atoms with Gasteiger partial charge in [-0.05, 0) is 6.42 Å². The third kappa shape index (κ3) is 3.77. The number of rotatable bonds is 2. The van der Waals surface area contributed by atoms with Crippen molar-refractivity contribution in [2.75, 3.05) is 0 Å². The Morgan fingerprint density at radius 1 is 1.67 bits per heavy atom. The molecule has 0 aliphatic rings. The molecule has 0 rings (SSSR count). The van der Waals surface area contributed by atoms with Gasteiger partial charge in [-0.1, -0.05) is 23.8 Å². The van der Waals surface area contributed by atoms with Crippen LogP contribution in [-0.4, -0.2) is 0 Å². The maximum atomic E-state index is 5.15. The first-order chi connectivity index (χ1) is 2.91. The second-order valence-corrected chi connectivity index (χ2v) is 1.14. The van der Waals surface area contributed by atoms with Gasteiger partial charge in [0.25, 0.3) is 0 Å². The summed E-state index contributed by atoms with van der Waals surface area (Å²) >= 11 is 5.15. The van der Waals surface area contributed by atoms with Gasteiger partial charge in [-0.25, -0.2) is 0 Å². The molecule has 0 atom stereocenters. The average Bonchev–Trinajstić information content (AvgIpc) is 1.61. The Labute approximate surface area is 43.1 Å². The van der Waals surface area contributed by atoms with E-state index in [0.717, 1.165) is 6.42 Å². The zero-order valence-corrected chi connectivity index (χ0v) is 4.28. The smallest absolute Gasteiger partial charge is 0.000557 e. The van der Waals surface area contributed by atoms with Gasteiger partial charge in [-0.15, -0.1) is 6.58 Å². The summed E-state index contributed by atoms with van der Waals surface area (Å²) in [6.45, 7) is 3.49. The zero-order chi connectivity index (χ0) is 4.83. The minimum atomic E-state index is 0.865. The van der Waals surface area contributed by atoms with Gasteiger partial charge in [0.05, 0.1) is 0 Å². The van der Waals surface area contributed by atoms with E-state index in [1.165, 1.54) is 5.54 Å². The number of hydrogen-bond donors (Lipinski definition) is 0. The van der Waals surface area contributed by atoms with Crippen molar-refractivity contribution in [3.8, 4) is 0 Å². The van der Waals surface area contributed by atoms with E-state index in [-0.39, 0.29) is 0 Å². The number of allylic oxidation sites excluding steroid dienone is 2. The van der Waals surface area contributed by atoms with Gasteiger partial charge in [-0.3, -0.25) is 0 Å². The molecule has 1 heteroatoms. The predicted molar refractivity (Wildman–Crippen MR) is 29.8 cm³/mol. The van der Waals surface area contributed by atoms with Gasteiger partial charge in [0.15, 0.2) is 0 Å². The zero-order valence-electron chi connectivity index (χ0n) is 3.52. The molecule has 0 aliphatic carbocycles. The molecule has 0 radical (unpaired) electrons. The molecule has 0 aliphatic heterocycles. The first kappa shape index (κ1) is 5.77. The summed E-state index contributed by atoms with van der Waals surface area (Å²) in [5, 5.41) is 0. The maximum Gasteiger partial charge on any atom is 0.000557 e. The summed E-state index contributed by atoms with van der Waals surface area (Å²) in [6.07, 6.45) is 4.48. The third-order valence-corrected chi connectivity index (χ3v) is 0.570. The van der Waals surface area contributed by atoms with E-state index in [1.54, 1.807) is 6.08 Å². The molecule has 0 nitrogen and oxygen atoms in total. The summed E-state index contributed by atoms with van der Waals surface area (Å²) in [5.74, 6) is 0. The predicted octanol–water partition coefficient (Wildman–Crippen LogP) is 2.32. The van der Waals surface area contributed by atoms with Crippen LogP contribution in [0.25, 0.3) is 0 Å². The monoisotopic (exact) mass is 102 g/mol. The van der Waals surface area contributed by atoms with Gasteiger partial charge in [0.2, 0.25) is 0 Å². The van der Waals surface area contributed by atoms with E-state index < -0.39 is 0 Å². The molecule has 0 bridgehead atoms. The van der Waals surface area contributed by atoms with Crippen LogP contribution in [0.1, 0.15) is 6.42 Å². The van der Waals surface area contributed by atoms with E-state index >= 15 is 0 Å². The Hall–Kier alpha value is -0.230. The SMILES string of the molecule is C=CC/C=C/Cl. The first-order valence-corrected chi connectivity index (χ1v) is 2.21. The van der Waals surface area contributed by atoms with Crippen LogP contribution in [0.5, 0.6) is 0 Å².